The Labute approximate surface area is 354 Å². The number of hydrogen-bond acceptors (Lipinski definition) is 4. The fraction of sp³-hybridized carbons (Fsp3) is 0.556. The molecule has 0 N–H and O–H groups in total. The SMILES string of the molecule is CC(C)=CCC/C(C)=C/CC/C(C)=C/CCC1(C)CCc2cc(OOc3cc(C)c4c(c3)CCC(C)(CC/C=C(\C)CC/C=C(\C)CCC=C(C)C)O4)cc(C)c2O1. The first kappa shape index (κ1) is 46.8. The van der Waals surface area contributed by atoms with Gasteiger partial charge in [-0.25, -0.2) is 0 Å². The Bertz CT molecular complexity index is 1720. The summed E-state index contributed by atoms with van der Waals surface area (Å²) in [6.07, 6.45) is 31.4. The first-order valence-corrected chi connectivity index (χ1v) is 22.4. The van der Waals surface area contributed by atoms with Crippen LogP contribution < -0.4 is 19.2 Å². The van der Waals surface area contributed by atoms with E-state index in [1.807, 2.05) is 12.1 Å². The minimum absolute atomic E-state index is 0.175. The molecule has 0 aromatic heterocycles. The third kappa shape index (κ3) is 15.7. The van der Waals surface area contributed by atoms with Crippen LogP contribution in [-0.2, 0) is 12.8 Å². The van der Waals surface area contributed by atoms with Crippen molar-refractivity contribution in [2.75, 3.05) is 0 Å². The van der Waals surface area contributed by atoms with Gasteiger partial charge in [0.25, 0.3) is 0 Å². The Hall–Kier alpha value is -3.92. The van der Waals surface area contributed by atoms with Crippen LogP contribution in [0.25, 0.3) is 0 Å². The third-order valence-corrected chi connectivity index (χ3v) is 12.0. The van der Waals surface area contributed by atoms with E-state index in [1.54, 1.807) is 0 Å². The zero-order chi connectivity index (χ0) is 42.3. The minimum Gasteiger partial charge on any atom is -0.487 e. The Morgan fingerprint density at radius 1 is 0.500 bits per heavy atom. The average molecular weight is 791 g/mol. The normalized spacial score (nSPS) is 19.7. The highest BCUT2D eigenvalue weighted by atomic mass is 17.2. The summed E-state index contributed by atoms with van der Waals surface area (Å²) in [6, 6.07) is 8.24. The predicted octanol–water partition coefficient (Wildman–Crippen LogP) is 16.2. The minimum atomic E-state index is -0.175. The van der Waals surface area contributed by atoms with E-state index >= 15 is 0 Å². The molecule has 2 aromatic rings. The van der Waals surface area contributed by atoms with Crippen LogP contribution in [0.4, 0.5) is 0 Å². The van der Waals surface area contributed by atoms with E-state index in [0.29, 0.717) is 11.5 Å². The maximum absolute atomic E-state index is 6.73. The van der Waals surface area contributed by atoms with E-state index in [-0.39, 0.29) is 11.2 Å². The van der Waals surface area contributed by atoms with Gasteiger partial charge < -0.3 is 9.47 Å². The van der Waals surface area contributed by atoms with E-state index in [9.17, 15) is 0 Å². The molecule has 4 rings (SSSR count). The lowest BCUT2D eigenvalue weighted by molar-refractivity contribution is -0.100. The summed E-state index contributed by atoms with van der Waals surface area (Å²) in [6.45, 7) is 26.5. The molecule has 2 aliphatic heterocycles. The molecule has 4 heteroatoms. The summed E-state index contributed by atoms with van der Waals surface area (Å²) in [7, 11) is 0. The van der Waals surface area contributed by atoms with Crippen LogP contribution in [-0.4, -0.2) is 11.2 Å². The molecule has 2 unspecified atom stereocenters. The topological polar surface area (TPSA) is 36.9 Å². The van der Waals surface area contributed by atoms with Crippen LogP contribution >= 0.6 is 0 Å². The van der Waals surface area contributed by atoms with Gasteiger partial charge in [-0.3, -0.25) is 9.78 Å². The summed E-state index contributed by atoms with van der Waals surface area (Å²) in [4.78, 5) is 11.9. The highest BCUT2D eigenvalue weighted by molar-refractivity contribution is 5.50. The van der Waals surface area contributed by atoms with Gasteiger partial charge in [-0.05, 0) is 232 Å². The van der Waals surface area contributed by atoms with Gasteiger partial charge in [-0.15, -0.1) is 0 Å². The van der Waals surface area contributed by atoms with Crippen molar-refractivity contribution in [3.05, 3.63) is 116 Å². The molecule has 4 nitrogen and oxygen atoms in total. The Balaban J connectivity index is 1.24. The Morgan fingerprint density at radius 3 is 1.17 bits per heavy atom. The van der Waals surface area contributed by atoms with Crippen molar-refractivity contribution >= 4 is 0 Å². The zero-order valence-corrected chi connectivity index (χ0v) is 38.7. The summed E-state index contributed by atoms with van der Waals surface area (Å²) < 4.78 is 13.5. The molecule has 0 spiro atoms. The molecule has 2 aromatic carbocycles. The number of allylic oxidation sites excluding steroid dienone is 12. The van der Waals surface area contributed by atoms with E-state index in [2.05, 4.69) is 132 Å². The van der Waals surface area contributed by atoms with Gasteiger partial charge in [0.05, 0.1) is 0 Å². The van der Waals surface area contributed by atoms with Crippen molar-refractivity contribution in [2.24, 2.45) is 0 Å². The Morgan fingerprint density at radius 2 is 0.828 bits per heavy atom. The fourth-order valence-corrected chi connectivity index (χ4v) is 8.15. The number of benzene rings is 2. The molecular formula is C54H78O4. The quantitative estimate of drug-likeness (QED) is 0.0717. The van der Waals surface area contributed by atoms with Gasteiger partial charge in [0.1, 0.15) is 22.7 Å². The molecule has 0 aliphatic carbocycles. The van der Waals surface area contributed by atoms with Crippen LogP contribution in [0.5, 0.6) is 23.0 Å². The molecule has 0 radical (unpaired) electrons. The average Bonchev–Trinajstić information content (AvgIpc) is 3.14. The van der Waals surface area contributed by atoms with Crippen molar-refractivity contribution in [3.8, 4) is 23.0 Å². The van der Waals surface area contributed by atoms with E-state index in [1.165, 1.54) is 44.6 Å². The lowest BCUT2D eigenvalue weighted by Gasteiger charge is -2.37. The molecular weight excluding hydrogens is 713 g/mol. The van der Waals surface area contributed by atoms with Crippen molar-refractivity contribution in [2.45, 2.75) is 197 Å². The van der Waals surface area contributed by atoms with Crippen molar-refractivity contribution in [1.82, 2.24) is 0 Å². The maximum atomic E-state index is 6.73. The van der Waals surface area contributed by atoms with E-state index in [4.69, 9.17) is 19.2 Å². The molecule has 318 valence electrons. The van der Waals surface area contributed by atoms with Gasteiger partial charge in [-0.1, -0.05) is 69.9 Å². The van der Waals surface area contributed by atoms with Crippen molar-refractivity contribution < 1.29 is 19.2 Å². The maximum Gasteiger partial charge on any atom is 0.179 e. The van der Waals surface area contributed by atoms with Crippen LogP contribution in [0.1, 0.15) is 181 Å². The lowest BCUT2D eigenvalue weighted by Crippen LogP contribution is -2.36. The van der Waals surface area contributed by atoms with E-state index < -0.39 is 0 Å². The number of hydrogen-bond donors (Lipinski definition) is 0. The monoisotopic (exact) mass is 791 g/mol. The number of fused-ring (bicyclic) bond motifs is 2. The molecule has 2 aliphatic rings. The molecule has 2 heterocycles. The fourth-order valence-electron chi connectivity index (χ4n) is 8.15. The van der Waals surface area contributed by atoms with Crippen molar-refractivity contribution in [1.29, 1.82) is 0 Å². The Kier molecular flexibility index (Phi) is 18.1. The smallest absolute Gasteiger partial charge is 0.179 e. The largest absolute Gasteiger partial charge is 0.487 e. The molecule has 0 saturated heterocycles. The second-order valence-electron chi connectivity index (χ2n) is 18.7. The molecule has 0 saturated carbocycles. The molecule has 0 fully saturated rings. The molecule has 0 amide bonds. The zero-order valence-electron chi connectivity index (χ0n) is 38.7. The summed E-state index contributed by atoms with van der Waals surface area (Å²) in [5, 5.41) is 0. The van der Waals surface area contributed by atoms with Crippen LogP contribution in [0.2, 0.25) is 0 Å². The van der Waals surface area contributed by atoms with Gasteiger partial charge >= 0.3 is 0 Å². The first-order chi connectivity index (χ1) is 27.5. The number of aryl methyl sites for hydroxylation is 4. The molecule has 2 atom stereocenters. The molecule has 58 heavy (non-hydrogen) atoms. The predicted molar refractivity (Wildman–Crippen MR) is 248 cm³/mol. The first-order valence-electron chi connectivity index (χ1n) is 22.4. The van der Waals surface area contributed by atoms with Gasteiger partial charge in [0.15, 0.2) is 11.5 Å². The summed E-state index contributed by atoms with van der Waals surface area (Å²) in [5.74, 6) is 3.41. The lowest BCUT2D eigenvalue weighted by atomic mass is 9.87. The van der Waals surface area contributed by atoms with Gasteiger partial charge in [-0.2, -0.15) is 0 Å². The number of rotatable bonds is 21. The van der Waals surface area contributed by atoms with Gasteiger partial charge in [0, 0.05) is 0 Å². The van der Waals surface area contributed by atoms with Crippen LogP contribution in [0, 0.1) is 13.8 Å². The highest BCUT2D eigenvalue weighted by Crippen LogP contribution is 2.42. The summed E-state index contributed by atoms with van der Waals surface area (Å²) in [5.41, 5.74) is 12.9. The standard InChI is InChI=1S/C54H78O4/c1-39(2)19-13-21-41(5)23-15-25-43(7)27-17-31-53(11)33-29-47-37-49(35-45(9)51(47)55-53)57-58-50-36-46(10)52-48(38-50)30-34-54(12,56-52)32-18-28-44(8)26-16-24-42(6)22-14-20-40(3)4/h19-20,23-24,27-28,35-38H,13-18,21-22,25-26,29-34H2,1-12H3/b41-23+,42-24+,43-27+,44-28+. The summed E-state index contributed by atoms with van der Waals surface area (Å²) >= 11 is 0. The van der Waals surface area contributed by atoms with Gasteiger partial charge in [0.2, 0.25) is 0 Å². The van der Waals surface area contributed by atoms with E-state index in [0.717, 1.165) is 125 Å². The second-order valence-corrected chi connectivity index (χ2v) is 18.7. The third-order valence-electron chi connectivity index (χ3n) is 12.0. The molecule has 0 bridgehead atoms. The van der Waals surface area contributed by atoms with Crippen LogP contribution in [0.3, 0.4) is 0 Å². The number of ether oxygens (including phenoxy) is 2. The van der Waals surface area contributed by atoms with Crippen LogP contribution in [0.15, 0.2) is 94.2 Å². The second kappa shape index (κ2) is 22.5. The highest BCUT2D eigenvalue weighted by Gasteiger charge is 2.33. The van der Waals surface area contributed by atoms with Crippen molar-refractivity contribution in [3.63, 3.8) is 0 Å².